The average molecular weight is 348 g/mol. The summed E-state index contributed by atoms with van der Waals surface area (Å²) in [6.07, 6.45) is 0. The summed E-state index contributed by atoms with van der Waals surface area (Å²) in [5.41, 5.74) is 1.27. The minimum Gasteiger partial charge on any atom is -0.347 e. The highest BCUT2D eigenvalue weighted by Crippen LogP contribution is 2.27. The first-order valence-corrected chi connectivity index (χ1v) is 8.18. The molecule has 3 rings (SSSR count). The Hall–Kier alpha value is -2.18. The summed E-state index contributed by atoms with van der Waals surface area (Å²) in [7, 11) is 0. The lowest BCUT2D eigenvalue weighted by molar-refractivity contribution is 0.0954. The number of nitrogens with one attached hydrogen (secondary N) is 2. The van der Waals surface area contributed by atoms with Gasteiger partial charge < -0.3 is 10.3 Å². The molecule has 2 aromatic heterocycles. The number of thiophene rings is 1. The normalized spacial score (nSPS) is 10.9. The Kier molecular flexibility index (Phi) is 4.19. The van der Waals surface area contributed by atoms with Gasteiger partial charge in [0.2, 0.25) is 0 Å². The van der Waals surface area contributed by atoms with Crippen LogP contribution in [0.1, 0.15) is 26.6 Å². The minimum atomic E-state index is -0.234. The van der Waals surface area contributed by atoms with E-state index in [4.69, 9.17) is 11.6 Å². The maximum Gasteiger partial charge on any atom is 0.261 e. The van der Waals surface area contributed by atoms with Gasteiger partial charge in [0.15, 0.2) is 0 Å². The fourth-order valence-electron chi connectivity index (χ4n) is 2.37. The molecule has 23 heavy (non-hydrogen) atoms. The highest BCUT2D eigenvalue weighted by Gasteiger charge is 2.18. The first-order chi connectivity index (χ1) is 11.0. The van der Waals surface area contributed by atoms with Gasteiger partial charge in [-0.1, -0.05) is 29.8 Å². The van der Waals surface area contributed by atoms with Crippen molar-refractivity contribution < 1.29 is 4.79 Å². The van der Waals surface area contributed by atoms with Crippen molar-refractivity contribution in [3.8, 4) is 0 Å². The second kappa shape index (κ2) is 6.14. The molecule has 2 N–H and O–H groups in total. The monoisotopic (exact) mass is 347 g/mol. The molecule has 2 heterocycles. The number of benzene rings is 1. The van der Waals surface area contributed by atoms with Gasteiger partial charge in [-0.15, -0.1) is 11.3 Å². The number of hydrogen-bond acceptors (Lipinski definition) is 4. The number of aromatic nitrogens is 2. The number of halogens is 1. The van der Waals surface area contributed by atoms with Crippen LogP contribution in [0.5, 0.6) is 0 Å². The van der Waals surface area contributed by atoms with E-state index in [-0.39, 0.29) is 11.5 Å². The summed E-state index contributed by atoms with van der Waals surface area (Å²) in [5, 5.41) is 3.92. The topological polar surface area (TPSA) is 74.8 Å². The van der Waals surface area contributed by atoms with Crippen molar-refractivity contribution in [2.24, 2.45) is 0 Å². The van der Waals surface area contributed by atoms with Gasteiger partial charge in [-0.3, -0.25) is 9.59 Å². The van der Waals surface area contributed by atoms with Gasteiger partial charge in [0.05, 0.1) is 10.3 Å². The number of amides is 1. The first-order valence-electron chi connectivity index (χ1n) is 6.99. The highest BCUT2D eigenvalue weighted by atomic mass is 35.5. The van der Waals surface area contributed by atoms with Gasteiger partial charge in [0, 0.05) is 11.6 Å². The molecule has 1 aromatic carbocycles. The smallest absolute Gasteiger partial charge is 0.261 e. The molecule has 0 saturated heterocycles. The number of aromatic amines is 1. The number of rotatable bonds is 3. The van der Waals surface area contributed by atoms with Gasteiger partial charge in [-0.2, -0.15) is 0 Å². The summed E-state index contributed by atoms with van der Waals surface area (Å²) in [4.78, 5) is 32.5. The Balaban J connectivity index is 1.90. The summed E-state index contributed by atoms with van der Waals surface area (Å²) in [6.45, 7) is 3.80. The number of aryl methyl sites for hydroxylation is 2. The maximum absolute atomic E-state index is 12.4. The molecule has 0 unspecified atom stereocenters. The van der Waals surface area contributed by atoms with Crippen LogP contribution in [-0.2, 0) is 6.54 Å². The van der Waals surface area contributed by atoms with Crippen molar-refractivity contribution in [1.29, 1.82) is 0 Å². The Bertz CT molecular complexity index is 962. The zero-order valence-electron chi connectivity index (χ0n) is 12.6. The van der Waals surface area contributed by atoms with Gasteiger partial charge in [-0.25, -0.2) is 4.98 Å². The molecule has 0 aliphatic heterocycles. The lowest BCUT2D eigenvalue weighted by atomic mass is 10.2. The van der Waals surface area contributed by atoms with Gasteiger partial charge in [0.1, 0.15) is 10.7 Å². The van der Waals surface area contributed by atoms with Gasteiger partial charge in [-0.05, 0) is 31.0 Å². The number of fused-ring (bicyclic) bond motifs is 1. The van der Waals surface area contributed by atoms with E-state index in [0.29, 0.717) is 38.0 Å². The van der Waals surface area contributed by atoms with E-state index < -0.39 is 0 Å². The maximum atomic E-state index is 12.4. The van der Waals surface area contributed by atoms with Crippen LogP contribution in [0.3, 0.4) is 0 Å². The number of carbonyl (C=O) groups is 1. The van der Waals surface area contributed by atoms with Crippen LogP contribution in [-0.4, -0.2) is 15.9 Å². The van der Waals surface area contributed by atoms with Crippen molar-refractivity contribution in [2.45, 2.75) is 20.4 Å². The van der Waals surface area contributed by atoms with E-state index in [0.717, 1.165) is 5.56 Å². The number of H-pyrrole nitrogens is 1. The summed E-state index contributed by atoms with van der Waals surface area (Å²) in [6, 6.07) is 7.34. The Morgan fingerprint density at radius 3 is 2.83 bits per heavy atom. The highest BCUT2D eigenvalue weighted by molar-refractivity contribution is 7.20. The second-order valence-electron chi connectivity index (χ2n) is 5.16. The largest absolute Gasteiger partial charge is 0.347 e. The van der Waals surface area contributed by atoms with E-state index >= 15 is 0 Å². The Labute approximate surface area is 141 Å². The molecule has 1 amide bonds. The molecule has 0 aliphatic rings. The van der Waals surface area contributed by atoms with E-state index in [1.807, 2.05) is 18.2 Å². The molecule has 0 bridgehead atoms. The van der Waals surface area contributed by atoms with Crippen LogP contribution in [0.25, 0.3) is 10.2 Å². The molecule has 0 radical (unpaired) electrons. The van der Waals surface area contributed by atoms with Crippen molar-refractivity contribution in [3.05, 3.63) is 61.5 Å². The van der Waals surface area contributed by atoms with Crippen molar-refractivity contribution in [1.82, 2.24) is 15.3 Å². The number of nitrogens with zero attached hydrogens (tertiary/aromatic N) is 1. The van der Waals surface area contributed by atoms with Crippen LogP contribution in [0.2, 0.25) is 5.02 Å². The third-order valence-electron chi connectivity index (χ3n) is 3.52. The standard InChI is InChI=1S/C16H14ClN3O2S/c1-8-12-14(21)19-9(2)20-16(12)23-13(8)15(22)18-7-10-5-3-4-6-11(10)17/h3-6H,7H2,1-2H3,(H,18,22)(H,19,20,21). The lowest BCUT2D eigenvalue weighted by Gasteiger charge is -2.06. The molecule has 7 heteroatoms. The fraction of sp³-hybridized carbons (Fsp3) is 0.188. The molecular weight excluding hydrogens is 334 g/mol. The molecule has 5 nitrogen and oxygen atoms in total. The van der Waals surface area contributed by atoms with Crippen LogP contribution in [0.15, 0.2) is 29.1 Å². The molecule has 3 aromatic rings. The van der Waals surface area contributed by atoms with Gasteiger partial charge in [0.25, 0.3) is 11.5 Å². The zero-order chi connectivity index (χ0) is 16.6. The van der Waals surface area contributed by atoms with E-state index in [1.54, 1.807) is 19.9 Å². The molecular formula is C16H14ClN3O2S. The van der Waals surface area contributed by atoms with Crippen LogP contribution >= 0.6 is 22.9 Å². The predicted molar refractivity (Wildman–Crippen MR) is 92.3 cm³/mol. The predicted octanol–water partition coefficient (Wildman–Crippen LogP) is 3.18. The summed E-state index contributed by atoms with van der Waals surface area (Å²) < 4.78 is 0. The molecule has 0 spiro atoms. The van der Waals surface area contributed by atoms with Crippen LogP contribution in [0, 0.1) is 13.8 Å². The van der Waals surface area contributed by atoms with Crippen molar-refractivity contribution >= 4 is 39.1 Å². The van der Waals surface area contributed by atoms with Crippen LogP contribution < -0.4 is 10.9 Å². The van der Waals surface area contributed by atoms with E-state index in [2.05, 4.69) is 15.3 Å². The van der Waals surface area contributed by atoms with E-state index in [9.17, 15) is 9.59 Å². The average Bonchev–Trinajstić information content (AvgIpc) is 2.83. The van der Waals surface area contributed by atoms with Crippen molar-refractivity contribution in [2.75, 3.05) is 0 Å². The molecule has 0 aliphatic carbocycles. The second-order valence-corrected chi connectivity index (χ2v) is 6.57. The van der Waals surface area contributed by atoms with Crippen molar-refractivity contribution in [3.63, 3.8) is 0 Å². The molecule has 0 saturated carbocycles. The SMILES string of the molecule is Cc1nc2sc(C(=O)NCc3ccccc3Cl)c(C)c2c(=O)[nH]1. The molecule has 0 fully saturated rings. The Morgan fingerprint density at radius 1 is 1.35 bits per heavy atom. The summed E-state index contributed by atoms with van der Waals surface area (Å²) >= 11 is 7.31. The first kappa shape index (κ1) is 15.7. The zero-order valence-corrected chi connectivity index (χ0v) is 14.1. The van der Waals surface area contributed by atoms with Crippen LogP contribution in [0.4, 0.5) is 0 Å². The van der Waals surface area contributed by atoms with E-state index in [1.165, 1.54) is 11.3 Å². The fourth-order valence-corrected chi connectivity index (χ4v) is 3.71. The molecule has 0 atom stereocenters. The molecule has 118 valence electrons. The number of hydrogen-bond donors (Lipinski definition) is 2. The minimum absolute atomic E-state index is 0.216. The summed E-state index contributed by atoms with van der Waals surface area (Å²) in [5.74, 6) is 0.300. The Morgan fingerprint density at radius 2 is 2.09 bits per heavy atom. The lowest BCUT2D eigenvalue weighted by Crippen LogP contribution is -2.22. The van der Waals surface area contributed by atoms with Gasteiger partial charge >= 0.3 is 0 Å². The quantitative estimate of drug-likeness (QED) is 0.764. The third-order valence-corrected chi connectivity index (χ3v) is 5.08. The number of carbonyl (C=O) groups excluding carboxylic acids is 1. The third kappa shape index (κ3) is 3.00.